The highest BCUT2D eigenvalue weighted by Crippen LogP contribution is 2.16. The van der Waals surface area contributed by atoms with Crippen molar-refractivity contribution in [2.75, 3.05) is 26.2 Å². The number of halogens is 3. The van der Waals surface area contributed by atoms with Crippen LogP contribution in [-0.4, -0.2) is 41.9 Å². The van der Waals surface area contributed by atoms with Crippen LogP contribution in [0.3, 0.4) is 0 Å². The Labute approximate surface area is 150 Å². The molecule has 3 nitrogen and oxygen atoms in total. The van der Waals surface area contributed by atoms with Gasteiger partial charge in [-0.15, -0.1) is 0 Å². The average molecular weight is 365 g/mol. The Bertz CT molecular complexity index is 752. The van der Waals surface area contributed by atoms with E-state index in [0.29, 0.717) is 24.7 Å². The average Bonchev–Trinajstić information content (AvgIpc) is 2.84. The molecule has 0 atom stereocenters. The Morgan fingerprint density at radius 1 is 1.00 bits per heavy atom. The second-order valence-corrected chi connectivity index (χ2v) is 6.61. The zero-order valence-corrected chi connectivity index (χ0v) is 14.5. The highest BCUT2D eigenvalue weighted by Gasteiger charge is 2.23. The molecular formula is C19H19ClF2N2O. The van der Waals surface area contributed by atoms with Gasteiger partial charge in [0.1, 0.15) is 11.6 Å². The van der Waals surface area contributed by atoms with E-state index in [9.17, 15) is 13.6 Å². The van der Waals surface area contributed by atoms with E-state index in [-0.39, 0.29) is 5.56 Å². The summed E-state index contributed by atoms with van der Waals surface area (Å²) in [6.45, 7) is 3.32. The smallest absolute Gasteiger partial charge is 0.256 e. The number of carbonyl (C=O) groups is 1. The monoisotopic (exact) mass is 364 g/mol. The van der Waals surface area contributed by atoms with Gasteiger partial charge in [0.2, 0.25) is 0 Å². The maximum absolute atomic E-state index is 13.8. The van der Waals surface area contributed by atoms with Crippen LogP contribution in [0.5, 0.6) is 0 Å². The van der Waals surface area contributed by atoms with Crippen LogP contribution >= 0.6 is 11.6 Å². The van der Waals surface area contributed by atoms with E-state index >= 15 is 0 Å². The van der Waals surface area contributed by atoms with Crippen molar-refractivity contribution in [1.29, 1.82) is 0 Å². The fraction of sp³-hybridized carbons (Fsp3) is 0.316. The van der Waals surface area contributed by atoms with Crippen LogP contribution in [0.25, 0.3) is 0 Å². The first-order valence-electron chi connectivity index (χ1n) is 8.24. The van der Waals surface area contributed by atoms with Crippen molar-refractivity contribution in [2.45, 2.75) is 13.0 Å². The number of benzene rings is 2. The quantitative estimate of drug-likeness (QED) is 0.822. The summed E-state index contributed by atoms with van der Waals surface area (Å²) in [5.41, 5.74) is 0.950. The molecule has 132 valence electrons. The number of carbonyl (C=O) groups excluding carboxylic acids is 1. The molecule has 1 aliphatic rings. The second kappa shape index (κ2) is 7.93. The van der Waals surface area contributed by atoms with Crippen molar-refractivity contribution in [2.24, 2.45) is 0 Å². The van der Waals surface area contributed by atoms with E-state index < -0.39 is 17.5 Å². The minimum Gasteiger partial charge on any atom is -0.337 e. The third kappa shape index (κ3) is 4.55. The van der Waals surface area contributed by atoms with Crippen LogP contribution in [0.2, 0.25) is 5.02 Å². The lowest BCUT2D eigenvalue weighted by Gasteiger charge is -2.22. The second-order valence-electron chi connectivity index (χ2n) is 6.17. The molecule has 0 saturated carbocycles. The molecule has 0 unspecified atom stereocenters. The predicted octanol–water partition coefficient (Wildman–Crippen LogP) is 3.97. The first kappa shape index (κ1) is 17.8. The summed E-state index contributed by atoms with van der Waals surface area (Å²) in [5, 5.41) is 0.702. The summed E-state index contributed by atoms with van der Waals surface area (Å²) in [6.07, 6.45) is 0.788. The number of nitrogens with zero attached hydrogens (tertiary/aromatic N) is 2. The van der Waals surface area contributed by atoms with Crippen molar-refractivity contribution in [1.82, 2.24) is 9.80 Å². The molecule has 0 N–H and O–H groups in total. The topological polar surface area (TPSA) is 23.6 Å². The van der Waals surface area contributed by atoms with Gasteiger partial charge in [0, 0.05) is 37.7 Å². The van der Waals surface area contributed by atoms with Crippen LogP contribution in [-0.2, 0) is 6.54 Å². The Kier molecular flexibility index (Phi) is 5.66. The van der Waals surface area contributed by atoms with Crippen LogP contribution in [0.15, 0.2) is 42.5 Å². The van der Waals surface area contributed by atoms with Gasteiger partial charge >= 0.3 is 0 Å². The van der Waals surface area contributed by atoms with Gasteiger partial charge in [-0.3, -0.25) is 9.69 Å². The fourth-order valence-electron chi connectivity index (χ4n) is 3.01. The number of hydrogen-bond donors (Lipinski definition) is 0. The first-order valence-corrected chi connectivity index (χ1v) is 8.62. The molecule has 6 heteroatoms. The number of rotatable bonds is 3. The Hall–Kier alpha value is -1.98. The molecule has 1 amide bonds. The Morgan fingerprint density at radius 3 is 2.52 bits per heavy atom. The van der Waals surface area contributed by atoms with Gasteiger partial charge in [-0.2, -0.15) is 0 Å². The van der Waals surface area contributed by atoms with Crippen LogP contribution in [0, 0.1) is 11.6 Å². The van der Waals surface area contributed by atoms with Gasteiger partial charge in [0.25, 0.3) is 5.91 Å². The standard InChI is InChI=1S/C19H19ClF2N2O/c20-15-4-2-14(3-5-15)13-23-8-1-9-24(11-10-23)19(25)17-12-16(21)6-7-18(17)22/h2-7,12H,1,8-11,13H2. The van der Waals surface area contributed by atoms with Crippen molar-refractivity contribution in [3.05, 3.63) is 70.2 Å². The first-order chi connectivity index (χ1) is 12.0. The SMILES string of the molecule is O=C(c1cc(F)ccc1F)N1CCCN(Cc2ccc(Cl)cc2)CC1. The maximum Gasteiger partial charge on any atom is 0.256 e. The lowest BCUT2D eigenvalue weighted by Crippen LogP contribution is -2.35. The number of hydrogen-bond acceptors (Lipinski definition) is 2. The fourth-order valence-corrected chi connectivity index (χ4v) is 3.14. The third-order valence-corrected chi connectivity index (χ3v) is 4.61. The molecule has 0 bridgehead atoms. The molecule has 3 rings (SSSR count). The van der Waals surface area contributed by atoms with Gasteiger partial charge in [0.05, 0.1) is 5.56 Å². The largest absolute Gasteiger partial charge is 0.337 e. The maximum atomic E-state index is 13.8. The normalized spacial score (nSPS) is 15.9. The molecule has 1 heterocycles. The van der Waals surface area contributed by atoms with E-state index in [1.807, 2.05) is 24.3 Å². The predicted molar refractivity (Wildman–Crippen MR) is 93.6 cm³/mol. The van der Waals surface area contributed by atoms with Crippen LogP contribution < -0.4 is 0 Å². The molecule has 1 fully saturated rings. The Morgan fingerprint density at radius 2 is 1.76 bits per heavy atom. The van der Waals surface area contributed by atoms with Crippen molar-refractivity contribution < 1.29 is 13.6 Å². The molecule has 0 aliphatic carbocycles. The summed E-state index contributed by atoms with van der Waals surface area (Å²) in [4.78, 5) is 16.4. The molecule has 2 aromatic rings. The van der Waals surface area contributed by atoms with Gasteiger partial charge in [0.15, 0.2) is 0 Å². The molecule has 0 aromatic heterocycles. The lowest BCUT2D eigenvalue weighted by molar-refractivity contribution is 0.0756. The lowest BCUT2D eigenvalue weighted by atomic mass is 10.1. The minimum absolute atomic E-state index is 0.203. The summed E-state index contributed by atoms with van der Waals surface area (Å²) in [5.74, 6) is -1.75. The van der Waals surface area contributed by atoms with E-state index in [0.717, 1.165) is 43.3 Å². The molecule has 1 saturated heterocycles. The third-order valence-electron chi connectivity index (χ3n) is 4.35. The van der Waals surface area contributed by atoms with Crippen molar-refractivity contribution in [3.63, 3.8) is 0 Å². The molecule has 0 spiro atoms. The highest BCUT2D eigenvalue weighted by molar-refractivity contribution is 6.30. The zero-order valence-electron chi connectivity index (χ0n) is 13.7. The van der Waals surface area contributed by atoms with Crippen molar-refractivity contribution >= 4 is 17.5 Å². The van der Waals surface area contributed by atoms with E-state index in [2.05, 4.69) is 4.90 Å². The summed E-state index contributed by atoms with van der Waals surface area (Å²) < 4.78 is 27.2. The zero-order chi connectivity index (χ0) is 17.8. The van der Waals surface area contributed by atoms with Crippen molar-refractivity contribution in [3.8, 4) is 0 Å². The molecule has 0 radical (unpaired) electrons. The highest BCUT2D eigenvalue weighted by atomic mass is 35.5. The van der Waals surface area contributed by atoms with E-state index in [4.69, 9.17) is 11.6 Å². The van der Waals surface area contributed by atoms with Gasteiger partial charge in [-0.1, -0.05) is 23.7 Å². The number of amides is 1. The molecule has 1 aliphatic heterocycles. The Balaban J connectivity index is 1.64. The summed E-state index contributed by atoms with van der Waals surface area (Å²) in [7, 11) is 0. The van der Waals surface area contributed by atoms with E-state index in [1.54, 1.807) is 4.90 Å². The van der Waals surface area contributed by atoms with Crippen LogP contribution in [0.1, 0.15) is 22.3 Å². The summed E-state index contributed by atoms with van der Waals surface area (Å²) >= 11 is 5.90. The summed E-state index contributed by atoms with van der Waals surface area (Å²) in [6, 6.07) is 10.7. The van der Waals surface area contributed by atoms with Crippen LogP contribution in [0.4, 0.5) is 8.78 Å². The van der Waals surface area contributed by atoms with Gasteiger partial charge in [-0.25, -0.2) is 8.78 Å². The van der Waals surface area contributed by atoms with Gasteiger partial charge < -0.3 is 4.90 Å². The molecule has 2 aromatic carbocycles. The van der Waals surface area contributed by atoms with Gasteiger partial charge in [-0.05, 0) is 42.3 Å². The minimum atomic E-state index is -0.686. The van der Waals surface area contributed by atoms with E-state index in [1.165, 1.54) is 0 Å². The molecule has 25 heavy (non-hydrogen) atoms. The molecular weight excluding hydrogens is 346 g/mol.